The highest BCUT2D eigenvalue weighted by molar-refractivity contribution is 8.93. The van der Waals surface area contributed by atoms with Gasteiger partial charge in [-0.05, 0) is 7.05 Å². The molecule has 0 rings (SSSR count). The summed E-state index contributed by atoms with van der Waals surface area (Å²) in [5.74, 6) is 0. The average Bonchev–Trinajstić information content (AvgIpc) is 1.68. The summed E-state index contributed by atoms with van der Waals surface area (Å²) in [6.07, 6.45) is 3.76. The van der Waals surface area contributed by atoms with E-state index in [-0.39, 0.29) is 17.0 Å². The molecule has 0 aliphatic heterocycles. The summed E-state index contributed by atoms with van der Waals surface area (Å²) in [6.45, 7) is 9.09. The van der Waals surface area contributed by atoms with Crippen LogP contribution in [0.2, 0.25) is 0 Å². The van der Waals surface area contributed by atoms with Crippen LogP contribution in [0.3, 0.4) is 0 Å². The van der Waals surface area contributed by atoms with E-state index < -0.39 is 0 Å². The van der Waals surface area contributed by atoms with Crippen LogP contribution >= 0.6 is 17.0 Å². The fourth-order valence-corrected chi connectivity index (χ4v) is 0.515. The van der Waals surface area contributed by atoms with E-state index in [1.807, 2.05) is 19.2 Å². The first-order valence-electron chi connectivity index (χ1n) is 2.71. The van der Waals surface area contributed by atoms with E-state index in [1.165, 1.54) is 0 Å². The van der Waals surface area contributed by atoms with E-state index in [1.54, 1.807) is 0 Å². The molecule has 0 aliphatic rings. The van der Waals surface area contributed by atoms with Crippen molar-refractivity contribution < 1.29 is 0 Å². The maximum atomic E-state index is 3.61. The lowest BCUT2D eigenvalue weighted by Gasteiger charge is -2.09. The molecule has 0 heterocycles. The Labute approximate surface area is 67.8 Å². The Kier molecular flexibility index (Phi) is 10.3. The lowest BCUT2D eigenvalue weighted by Crippen LogP contribution is -2.17. The molecule has 0 aromatic carbocycles. The van der Waals surface area contributed by atoms with E-state index in [0.29, 0.717) is 0 Å². The van der Waals surface area contributed by atoms with E-state index in [2.05, 4.69) is 18.1 Å². The molecule has 0 fully saturated rings. The van der Waals surface area contributed by atoms with Crippen LogP contribution in [0, 0.1) is 0 Å². The summed E-state index contributed by atoms with van der Waals surface area (Å²) >= 11 is 0. The fraction of sp³-hybridized carbons (Fsp3) is 0.429. The Balaban J connectivity index is 0. The van der Waals surface area contributed by atoms with Crippen molar-refractivity contribution in [2.45, 2.75) is 0 Å². The first kappa shape index (κ1) is 11.7. The Hall–Kier alpha value is -0.0800. The van der Waals surface area contributed by atoms with E-state index in [4.69, 9.17) is 0 Å². The first-order chi connectivity index (χ1) is 3.81. The van der Waals surface area contributed by atoms with E-state index in [0.717, 1.165) is 13.1 Å². The van der Waals surface area contributed by atoms with Crippen molar-refractivity contribution >= 4 is 17.0 Å². The van der Waals surface area contributed by atoms with Crippen molar-refractivity contribution in [3.8, 4) is 0 Å². The van der Waals surface area contributed by atoms with Crippen LogP contribution in [-0.4, -0.2) is 25.0 Å². The van der Waals surface area contributed by atoms with Crippen LogP contribution in [0.1, 0.15) is 0 Å². The van der Waals surface area contributed by atoms with Gasteiger partial charge in [-0.25, -0.2) is 0 Å². The van der Waals surface area contributed by atoms with Crippen LogP contribution in [0.25, 0.3) is 0 Å². The number of halogens is 1. The number of hydrogen-bond donors (Lipinski definition) is 0. The molecule has 0 aromatic rings. The van der Waals surface area contributed by atoms with Gasteiger partial charge in [-0.3, -0.25) is 4.90 Å². The highest BCUT2D eigenvalue weighted by Gasteiger charge is 1.86. The lowest BCUT2D eigenvalue weighted by atomic mass is 10.5. The summed E-state index contributed by atoms with van der Waals surface area (Å²) < 4.78 is 0. The summed E-state index contributed by atoms with van der Waals surface area (Å²) in [6, 6.07) is 0. The minimum Gasteiger partial charge on any atom is -0.299 e. The molecule has 0 unspecified atom stereocenters. The van der Waals surface area contributed by atoms with Gasteiger partial charge in [0.1, 0.15) is 0 Å². The predicted molar refractivity (Wildman–Crippen MR) is 48.2 cm³/mol. The average molecular weight is 192 g/mol. The molecule has 1 nitrogen and oxygen atoms in total. The Morgan fingerprint density at radius 1 is 1.22 bits per heavy atom. The van der Waals surface area contributed by atoms with Crippen LogP contribution in [0.15, 0.2) is 25.3 Å². The van der Waals surface area contributed by atoms with Crippen molar-refractivity contribution in [2.24, 2.45) is 0 Å². The topological polar surface area (TPSA) is 3.24 Å². The summed E-state index contributed by atoms with van der Waals surface area (Å²) in [4.78, 5) is 2.12. The number of hydrogen-bond acceptors (Lipinski definition) is 1. The molecule has 0 saturated heterocycles. The van der Waals surface area contributed by atoms with E-state index in [9.17, 15) is 0 Å². The molecule has 0 aromatic heterocycles. The highest BCUT2D eigenvalue weighted by atomic mass is 79.9. The summed E-state index contributed by atoms with van der Waals surface area (Å²) in [7, 11) is 2.03. The van der Waals surface area contributed by atoms with Crippen molar-refractivity contribution in [3.63, 3.8) is 0 Å². The molecule has 0 N–H and O–H groups in total. The van der Waals surface area contributed by atoms with Crippen molar-refractivity contribution in [1.29, 1.82) is 0 Å². The van der Waals surface area contributed by atoms with Gasteiger partial charge in [0.15, 0.2) is 0 Å². The first-order valence-corrected chi connectivity index (χ1v) is 2.71. The van der Waals surface area contributed by atoms with Gasteiger partial charge in [0.2, 0.25) is 0 Å². The fourth-order valence-electron chi connectivity index (χ4n) is 0.515. The molecular formula is C7H14BrN. The maximum absolute atomic E-state index is 3.61. The Morgan fingerprint density at radius 2 is 1.56 bits per heavy atom. The molecule has 0 radical (unpaired) electrons. The second-order valence-corrected chi connectivity index (χ2v) is 1.80. The second kappa shape index (κ2) is 7.92. The molecular weight excluding hydrogens is 178 g/mol. The third-order valence-corrected chi connectivity index (χ3v) is 0.882. The number of rotatable bonds is 4. The van der Waals surface area contributed by atoms with Gasteiger partial charge in [-0.2, -0.15) is 0 Å². The molecule has 9 heavy (non-hydrogen) atoms. The molecule has 0 bridgehead atoms. The summed E-state index contributed by atoms with van der Waals surface area (Å²) in [5.41, 5.74) is 0. The smallest absolute Gasteiger partial charge is 0.0160 e. The highest BCUT2D eigenvalue weighted by Crippen LogP contribution is 1.80. The van der Waals surface area contributed by atoms with E-state index >= 15 is 0 Å². The quantitative estimate of drug-likeness (QED) is 0.614. The predicted octanol–water partition coefficient (Wildman–Crippen LogP) is 1.87. The zero-order chi connectivity index (χ0) is 6.41. The van der Waals surface area contributed by atoms with Crippen LogP contribution in [-0.2, 0) is 0 Å². The SMILES string of the molecule is Br.C=CCN(C)CC=C. The van der Waals surface area contributed by atoms with Crippen molar-refractivity contribution in [2.75, 3.05) is 20.1 Å². The standard InChI is InChI=1S/C7H13N.BrH/c1-4-6-8(3)7-5-2;/h4-5H,1-2,6-7H2,3H3;1H. The van der Waals surface area contributed by atoms with Crippen molar-refractivity contribution in [1.82, 2.24) is 4.90 Å². The van der Waals surface area contributed by atoms with Crippen LogP contribution in [0.4, 0.5) is 0 Å². The monoisotopic (exact) mass is 191 g/mol. The van der Waals surface area contributed by atoms with Crippen LogP contribution < -0.4 is 0 Å². The summed E-state index contributed by atoms with van der Waals surface area (Å²) in [5, 5.41) is 0. The molecule has 0 aliphatic carbocycles. The molecule has 0 saturated carbocycles. The van der Waals surface area contributed by atoms with Gasteiger partial charge in [-0.15, -0.1) is 30.1 Å². The van der Waals surface area contributed by atoms with Gasteiger partial charge in [0.25, 0.3) is 0 Å². The largest absolute Gasteiger partial charge is 0.299 e. The van der Waals surface area contributed by atoms with Gasteiger partial charge in [-0.1, -0.05) is 12.2 Å². The normalized spacial score (nSPS) is 8.22. The molecule has 0 spiro atoms. The van der Waals surface area contributed by atoms with Crippen LogP contribution in [0.5, 0.6) is 0 Å². The lowest BCUT2D eigenvalue weighted by molar-refractivity contribution is 0.413. The molecule has 54 valence electrons. The second-order valence-electron chi connectivity index (χ2n) is 1.80. The number of likely N-dealkylation sites (N-methyl/N-ethyl adjacent to an activating group) is 1. The third-order valence-electron chi connectivity index (χ3n) is 0.882. The molecule has 0 atom stereocenters. The minimum absolute atomic E-state index is 0. The minimum atomic E-state index is 0. The molecule has 0 amide bonds. The molecule has 2 heteroatoms. The third kappa shape index (κ3) is 7.92. The Morgan fingerprint density at radius 3 is 1.78 bits per heavy atom. The number of nitrogens with zero attached hydrogens (tertiary/aromatic N) is 1. The zero-order valence-electron chi connectivity index (χ0n) is 5.84. The van der Waals surface area contributed by atoms with Gasteiger partial charge in [0.05, 0.1) is 0 Å². The maximum Gasteiger partial charge on any atom is 0.0160 e. The van der Waals surface area contributed by atoms with Gasteiger partial charge < -0.3 is 0 Å². The Bertz CT molecular complexity index is 71.0. The van der Waals surface area contributed by atoms with Crippen molar-refractivity contribution in [3.05, 3.63) is 25.3 Å². The van der Waals surface area contributed by atoms with Gasteiger partial charge in [0, 0.05) is 13.1 Å². The van der Waals surface area contributed by atoms with Gasteiger partial charge >= 0.3 is 0 Å². The zero-order valence-corrected chi connectivity index (χ0v) is 7.55.